The highest BCUT2D eigenvalue weighted by Crippen LogP contribution is 2.30. The third-order valence-corrected chi connectivity index (χ3v) is 4.67. The molecule has 0 aromatic heterocycles. The van der Waals surface area contributed by atoms with Crippen molar-refractivity contribution in [2.45, 2.75) is 25.7 Å². The van der Waals surface area contributed by atoms with Gasteiger partial charge in [-0.05, 0) is 25.0 Å². The highest BCUT2D eigenvalue weighted by molar-refractivity contribution is 7.85. The zero-order chi connectivity index (χ0) is 11.2. The third-order valence-electron chi connectivity index (χ3n) is 2.89. The molecule has 0 aliphatic carbocycles. The van der Waals surface area contributed by atoms with Gasteiger partial charge in [-0.1, -0.05) is 19.1 Å². The Bertz CT molecular complexity index is 463. The zero-order valence-electron chi connectivity index (χ0n) is 9.16. The lowest BCUT2D eigenvalue weighted by molar-refractivity contribution is 0.0934. The molecule has 0 saturated carbocycles. The number of carbonyl (C=O) groups excluding carboxylic acids is 1. The van der Waals surface area contributed by atoms with Crippen molar-refractivity contribution in [3.63, 3.8) is 0 Å². The van der Waals surface area contributed by atoms with Gasteiger partial charge in [0.1, 0.15) is 0 Å². The van der Waals surface area contributed by atoms with Crippen LogP contribution in [0, 0.1) is 19.8 Å². The lowest BCUT2D eigenvalue weighted by Crippen LogP contribution is -2.27. The Balaban J connectivity index is 2.75. The van der Waals surface area contributed by atoms with Crippen LogP contribution in [0.25, 0.3) is 0 Å². The molecular weight excluding hydrogens is 208 g/mol. The number of benzene rings is 1. The van der Waals surface area contributed by atoms with Crippen LogP contribution in [0.2, 0.25) is 0 Å². The molecule has 1 aromatic rings. The van der Waals surface area contributed by atoms with Gasteiger partial charge in [0.15, 0.2) is 5.78 Å². The summed E-state index contributed by atoms with van der Waals surface area (Å²) in [6.07, 6.45) is 0. The van der Waals surface area contributed by atoms with E-state index in [-0.39, 0.29) is 11.7 Å². The number of aryl methyl sites for hydroxylation is 2. The van der Waals surface area contributed by atoms with Crippen molar-refractivity contribution in [2.75, 3.05) is 5.75 Å². The lowest BCUT2D eigenvalue weighted by atomic mass is 9.95. The largest absolute Gasteiger partial charge is 0.294 e. The van der Waals surface area contributed by atoms with Crippen LogP contribution in [0.5, 0.6) is 0 Å². The monoisotopic (exact) mass is 222 g/mol. The molecule has 0 fully saturated rings. The lowest BCUT2D eigenvalue weighted by Gasteiger charge is -2.22. The van der Waals surface area contributed by atoms with E-state index in [9.17, 15) is 9.00 Å². The Labute approximate surface area is 92.2 Å². The SMILES string of the molecule is Cc1ccc(C)c2c1C(=O)C(C)CS2=O. The molecular formula is C12H14O2S. The molecule has 1 aliphatic heterocycles. The maximum atomic E-state index is 12.0. The van der Waals surface area contributed by atoms with E-state index in [0.717, 1.165) is 16.0 Å². The van der Waals surface area contributed by atoms with Gasteiger partial charge in [-0.3, -0.25) is 9.00 Å². The molecule has 1 aromatic carbocycles. The Morgan fingerprint density at radius 2 is 1.87 bits per heavy atom. The molecule has 2 unspecified atom stereocenters. The number of ketones is 1. The molecule has 0 N–H and O–H groups in total. The Morgan fingerprint density at radius 3 is 2.53 bits per heavy atom. The van der Waals surface area contributed by atoms with Gasteiger partial charge >= 0.3 is 0 Å². The molecule has 2 rings (SSSR count). The summed E-state index contributed by atoms with van der Waals surface area (Å²) in [5.41, 5.74) is 2.61. The Morgan fingerprint density at radius 1 is 1.27 bits per heavy atom. The number of carbonyl (C=O) groups is 1. The minimum absolute atomic E-state index is 0.112. The Hall–Kier alpha value is -0.960. The normalized spacial score (nSPS) is 25.1. The summed E-state index contributed by atoms with van der Waals surface area (Å²) >= 11 is 0. The smallest absolute Gasteiger partial charge is 0.168 e. The number of rotatable bonds is 0. The van der Waals surface area contributed by atoms with Gasteiger partial charge in [-0.2, -0.15) is 0 Å². The molecule has 1 heterocycles. The zero-order valence-corrected chi connectivity index (χ0v) is 9.98. The quantitative estimate of drug-likeness (QED) is 0.674. The second-order valence-corrected chi connectivity index (χ2v) is 5.61. The van der Waals surface area contributed by atoms with E-state index < -0.39 is 10.8 Å². The van der Waals surface area contributed by atoms with Crippen LogP contribution in [-0.2, 0) is 10.8 Å². The molecule has 1 aliphatic rings. The summed E-state index contributed by atoms with van der Waals surface area (Å²) in [7, 11) is -1.01. The summed E-state index contributed by atoms with van der Waals surface area (Å²) in [6, 6.07) is 3.87. The van der Waals surface area contributed by atoms with E-state index >= 15 is 0 Å². The van der Waals surface area contributed by atoms with E-state index in [1.54, 1.807) is 0 Å². The highest BCUT2D eigenvalue weighted by atomic mass is 32.2. The van der Waals surface area contributed by atoms with Gasteiger partial charge in [0.2, 0.25) is 0 Å². The fourth-order valence-electron chi connectivity index (χ4n) is 2.02. The van der Waals surface area contributed by atoms with E-state index in [4.69, 9.17) is 0 Å². The van der Waals surface area contributed by atoms with Crippen LogP contribution in [0.4, 0.5) is 0 Å². The maximum Gasteiger partial charge on any atom is 0.168 e. The summed E-state index contributed by atoms with van der Waals surface area (Å²) in [6.45, 7) is 5.68. The fourth-order valence-corrected chi connectivity index (χ4v) is 3.71. The van der Waals surface area contributed by atoms with Crippen molar-refractivity contribution in [1.82, 2.24) is 0 Å². The van der Waals surface area contributed by atoms with E-state index in [2.05, 4.69) is 0 Å². The molecule has 2 nitrogen and oxygen atoms in total. The first-order valence-electron chi connectivity index (χ1n) is 5.05. The predicted molar refractivity (Wildman–Crippen MR) is 60.7 cm³/mol. The van der Waals surface area contributed by atoms with Crippen LogP contribution in [0.1, 0.15) is 28.4 Å². The number of Topliss-reactive ketones (excluding diaryl/α,β-unsaturated/α-hetero) is 1. The van der Waals surface area contributed by atoms with Crippen molar-refractivity contribution in [2.24, 2.45) is 5.92 Å². The molecule has 0 amide bonds. The summed E-state index contributed by atoms with van der Waals surface area (Å²) in [5, 5.41) is 0. The fraction of sp³-hybridized carbons (Fsp3) is 0.417. The molecule has 15 heavy (non-hydrogen) atoms. The molecule has 0 radical (unpaired) electrons. The van der Waals surface area contributed by atoms with Gasteiger partial charge < -0.3 is 0 Å². The van der Waals surface area contributed by atoms with Gasteiger partial charge in [-0.15, -0.1) is 0 Å². The molecule has 0 spiro atoms. The average Bonchev–Trinajstić information content (AvgIpc) is 2.18. The number of hydrogen-bond acceptors (Lipinski definition) is 2. The van der Waals surface area contributed by atoms with Crippen molar-refractivity contribution >= 4 is 16.6 Å². The summed E-state index contributed by atoms with van der Waals surface area (Å²) in [5.74, 6) is 0.500. The average molecular weight is 222 g/mol. The van der Waals surface area contributed by atoms with E-state index in [1.165, 1.54) is 0 Å². The summed E-state index contributed by atoms with van der Waals surface area (Å²) < 4.78 is 12.0. The van der Waals surface area contributed by atoms with Crippen LogP contribution in [-0.4, -0.2) is 15.7 Å². The molecule has 2 atom stereocenters. The van der Waals surface area contributed by atoms with Crippen LogP contribution in [0.3, 0.4) is 0 Å². The van der Waals surface area contributed by atoms with Gasteiger partial charge in [0, 0.05) is 17.2 Å². The van der Waals surface area contributed by atoms with Crippen molar-refractivity contribution < 1.29 is 9.00 Å². The van der Waals surface area contributed by atoms with Crippen LogP contribution >= 0.6 is 0 Å². The second kappa shape index (κ2) is 3.56. The maximum absolute atomic E-state index is 12.0. The summed E-state index contributed by atoms with van der Waals surface area (Å²) in [4.78, 5) is 12.8. The topological polar surface area (TPSA) is 34.1 Å². The number of fused-ring (bicyclic) bond motifs is 1. The predicted octanol–water partition coefficient (Wildman–Crippen LogP) is 2.24. The Kier molecular flexibility index (Phi) is 2.51. The molecule has 80 valence electrons. The van der Waals surface area contributed by atoms with Crippen LogP contribution in [0.15, 0.2) is 17.0 Å². The van der Waals surface area contributed by atoms with Crippen molar-refractivity contribution in [1.29, 1.82) is 0 Å². The molecule has 0 saturated heterocycles. The third kappa shape index (κ3) is 1.55. The standard InChI is InChI=1S/C12H14O2S/c1-7-4-5-8(2)12-10(7)11(13)9(3)6-15(12)14/h4-5,9H,6H2,1-3H3. The van der Waals surface area contributed by atoms with Crippen LogP contribution < -0.4 is 0 Å². The number of hydrogen-bond donors (Lipinski definition) is 0. The first-order valence-corrected chi connectivity index (χ1v) is 6.37. The van der Waals surface area contributed by atoms with E-state index in [1.807, 2.05) is 32.9 Å². The minimum atomic E-state index is -1.01. The van der Waals surface area contributed by atoms with Gasteiger partial charge in [0.25, 0.3) is 0 Å². The first-order chi connectivity index (χ1) is 7.02. The van der Waals surface area contributed by atoms with E-state index in [0.29, 0.717) is 11.3 Å². The highest BCUT2D eigenvalue weighted by Gasteiger charge is 2.31. The molecule has 3 heteroatoms. The second-order valence-electron chi connectivity index (χ2n) is 4.18. The van der Waals surface area contributed by atoms with Gasteiger partial charge in [0.05, 0.1) is 15.7 Å². The van der Waals surface area contributed by atoms with Crippen molar-refractivity contribution in [3.05, 3.63) is 28.8 Å². The van der Waals surface area contributed by atoms with Gasteiger partial charge in [-0.25, -0.2) is 0 Å². The molecule has 0 bridgehead atoms. The minimum Gasteiger partial charge on any atom is -0.294 e. The first kappa shape index (κ1) is 10.6. The van der Waals surface area contributed by atoms with Crippen molar-refractivity contribution in [3.8, 4) is 0 Å².